The molecule has 0 aromatic heterocycles. The topological polar surface area (TPSA) is 69.6 Å². The van der Waals surface area contributed by atoms with Crippen molar-refractivity contribution in [2.45, 2.75) is 44.1 Å². The lowest BCUT2D eigenvalue weighted by Gasteiger charge is -2.31. The third-order valence-electron chi connectivity index (χ3n) is 3.18. The number of halogens is 2. The number of carbonyl (C=O) groups excluding carboxylic acids is 1. The Kier molecular flexibility index (Phi) is 4.86. The van der Waals surface area contributed by atoms with Crippen molar-refractivity contribution in [2.75, 3.05) is 13.6 Å². The minimum absolute atomic E-state index is 0.165. The van der Waals surface area contributed by atoms with E-state index in [1.165, 1.54) is 7.05 Å². The van der Waals surface area contributed by atoms with Crippen molar-refractivity contribution >= 4 is 12.0 Å². The lowest BCUT2D eigenvalue weighted by atomic mass is 9.93. The number of nitrogens with zero attached hydrogens (tertiary/aromatic N) is 1. The van der Waals surface area contributed by atoms with E-state index in [1.807, 2.05) is 0 Å². The third-order valence-corrected chi connectivity index (χ3v) is 3.18. The highest BCUT2D eigenvalue weighted by atomic mass is 19.3. The van der Waals surface area contributed by atoms with Gasteiger partial charge in [0.2, 0.25) is 0 Å². The molecule has 0 aromatic carbocycles. The standard InChI is InChI=1S/C11H18F2N2O3/c1-15(7-8(12)13)10(18)14-11(6-9(16)17)4-2-3-5-11/h8H,2-7H2,1H3,(H,14,18)(H,16,17). The smallest absolute Gasteiger partial charge is 0.317 e. The second kappa shape index (κ2) is 5.97. The fraction of sp³-hybridized carbons (Fsp3) is 0.818. The predicted octanol–water partition coefficient (Wildman–Crippen LogP) is 1.68. The molecule has 1 rings (SSSR count). The molecule has 1 saturated carbocycles. The van der Waals surface area contributed by atoms with Crippen LogP contribution >= 0.6 is 0 Å². The molecule has 1 fully saturated rings. The monoisotopic (exact) mass is 264 g/mol. The zero-order valence-corrected chi connectivity index (χ0v) is 10.3. The zero-order valence-electron chi connectivity index (χ0n) is 10.3. The first-order chi connectivity index (χ1) is 8.34. The zero-order chi connectivity index (χ0) is 13.8. The first kappa shape index (κ1) is 14.7. The van der Waals surface area contributed by atoms with Crippen molar-refractivity contribution in [1.82, 2.24) is 10.2 Å². The molecule has 7 heteroatoms. The van der Waals surface area contributed by atoms with Gasteiger partial charge in [-0.15, -0.1) is 0 Å². The highest BCUT2D eigenvalue weighted by Gasteiger charge is 2.38. The molecule has 0 aromatic rings. The van der Waals surface area contributed by atoms with E-state index in [0.717, 1.165) is 17.7 Å². The number of rotatable bonds is 5. The summed E-state index contributed by atoms with van der Waals surface area (Å²) in [5.74, 6) is -0.992. The number of urea groups is 1. The summed E-state index contributed by atoms with van der Waals surface area (Å²) in [6.07, 6.45) is 0.0698. The summed E-state index contributed by atoms with van der Waals surface area (Å²) < 4.78 is 24.3. The summed E-state index contributed by atoms with van der Waals surface area (Å²) in [6.45, 7) is -0.658. The quantitative estimate of drug-likeness (QED) is 0.793. The van der Waals surface area contributed by atoms with Crippen LogP contribution in [0.4, 0.5) is 13.6 Å². The average Bonchev–Trinajstić information content (AvgIpc) is 2.63. The van der Waals surface area contributed by atoms with E-state index in [9.17, 15) is 18.4 Å². The Balaban J connectivity index is 2.61. The summed E-state index contributed by atoms with van der Waals surface area (Å²) in [7, 11) is 1.27. The normalized spacial score (nSPS) is 17.8. The van der Waals surface area contributed by atoms with Crippen LogP contribution in [0.15, 0.2) is 0 Å². The number of carbonyl (C=O) groups is 2. The summed E-state index contributed by atoms with van der Waals surface area (Å²) >= 11 is 0. The van der Waals surface area contributed by atoms with E-state index in [2.05, 4.69) is 5.32 Å². The summed E-state index contributed by atoms with van der Waals surface area (Å²) in [5.41, 5.74) is -0.778. The Morgan fingerprint density at radius 2 is 1.94 bits per heavy atom. The molecule has 0 saturated heterocycles. The van der Waals surface area contributed by atoms with E-state index in [1.54, 1.807) is 0 Å². The van der Waals surface area contributed by atoms with Crippen molar-refractivity contribution < 1.29 is 23.5 Å². The molecule has 0 atom stereocenters. The van der Waals surface area contributed by atoms with Crippen molar-refractivity contribution in [1.29, 1.82) is 0 Å². The molecular formula is C11H18F2N2O3. The molecule has 2 amide bonds. The maximum atomic E-state index is 12.1. The van der Waals surface area contributed by atoms with Crippen LogP contribution in [0.25, 0.3) is 0 Å². The number of carboxylic acid groups (broad SMARTS) is 1. The number of nitrogens with one attached hydrogen (secondary N) is 1. The van der Waals surface area contributed by atoms with Gasteiger partial charge >= 0.3 is 12.0 Å². The maximum Gasteiger partial charge on any atom is 0.317 e. The Bertz CT molecular complexity index is 317. The summed E-state index contributed by atoms with van der Waals surface area (Å²) in [4.78, 5) is 23.4. The molecule has 18 heavy (non-hydrogen) atoms. The first-order valence-corrected chi connectivity index (χ1v) is 5.88. The highest BCUT2D eigenvalue weighted by molar-refractivity contribution is 5.76. The van der Waals surface area contributed by atoms with Gasteiger partial charge in [0.05, 0.1) is 18.5 Å². The number of amides is 2. The molecule has 2 N–H and O–H groups in total. The Labute approximate surface area is 104 Å². The lowest BCUT2D eigenvalue weighted by Crippen LogP contribution is -2.52. The van der Waals surface area contributed by atoms with Crippen LogP contribution in [0.5, 0.6) is 0 Å². The van der Waals surface area contributed by atoms with E-state index in [-0.39, 0.29) is 6.42 Å². The van der Waals surface area contributed by atoms with Crippen molar-refractivity contribution in [3.63, 3.8) is 0 Å². The Morgan fingerprint density at radius 1 is 1.39 bits per heavy atom. The van der Waals surface area contributed by atoms with Gasteiger partial charge in [0.1, 0.15) is 0 Å². The fourth-order valence-corrected chi connectivity index (χ4v) is 2.30. The highest BCUT2D eigenvalue weighted by Crippen LogP contribution is 2.32. The van der Waals surface area contributed by atoms with Crippen LogP contribution < -0.4 is 5.32 Å². The second-order valence-corrected chi connectivity index (χ2v) is 4.76. The van der Waals surface area contributed by atoms with Crippen LogP contribution in [-0.2, 0) is 4.79 Å². The van der Waals surface area contributed by atoms with E-state index < -0.39 is 30.5 Å². The number of alkyl halides is 2. The minimum Gasteiger partial charge on any atom is -0.481 e. The number of hydrogen-bond acceptors (Lipinski definition) is 2. The van der Waals surface area contributed by atoms with E-state index in [0.29, 0.717) is 12.8 Å². The SMILES string of the molecule is CN(CC(F)F)C(=O)NC1(CC(=O)O)CCCC1. The van der Waals surface area contributed by atoms with Gasteiger partial charge in [-0.25, -0.2) is 13.6 Å². The molecule has 0 unspecified atom stereocenters. The predicted molar refractivity (Wildman–Crippen MR) is 60.6 cm³/mol. The van der Waals surface area contributed by atoms with Gasteiger partial charge in [0, 0.05) is 7.05 Å². The van der Waals surface area contributed by atoms with Crippen LogP contribution in [0.1, 0.15) is 32.1 Å². The van der Waals surface area contributed by atoms with Gasteiger partial charge in [-0.3, -0.25) is 4.79 Å². The molecule has 0 aliphatic heterocycles. The van der Waals surface area contributed by atoms with Crippen molar-refractivity contribution in [3.8, 4) is 0 Å². The van der Waals surface area contributed by atoms with E-state index >= 15 is 0 Å². The molecular weight excluding hydrogens is 246 g/mol. The van der Waals surface area contributed by atoms with Gasteiger partial charge < -0.3 is 15.3 Å². The van der Waals surface area contributed by atoms with Gasteiger partial charge in [-0.1, -0.05) is 12.8 Å². The molecule has 1 aliphatic rings. The first-order valence-electron chi connectivity index (χ1n) is 5.88. The van der Waals surface area contributed by atoms with Crippen molar-refractivity contribution in [3.05, 3.63) is 0 Å². The lowest BCUT2D eigenvalue weighted by molar-refractivity contribution is -0.138. The molecule has 104 valence electrons. The molecule has 0 bridgehead atoms. The van der Waals surface area contributed by atoms with Gasteiger partial charge in [-0.05, 0) is 12.8 Å². The molecule has 5 nitrogen and oxygen atoms in total. The van der Waals surface area contributed by atoms with Gasteiger partial charge in [0.15, 0.2) is 0 Å². The molecule has 1 aliphatic carbocycles. The molecule has 0 radical (unpaired) electrons. The Hall–Kier alpha value is -1.40. The number of aliphatic carboxylic acids is 1. The van der Waals surface area contributed by atoms with Crippen LogP contribution in [-0.4, -0.2) is 47.6 Å². The summed E-state index contributed by atoms with van der Waals surface area (Å²) in [6, 6.07) is -0.640. The van der Waals surface area contributed by atoms with Gasteiger partial charge in [0.25, 0.3) is 6.43 Å². The largest absolute Gasteiger partial charge is 0.481 e. The van der Waals surface area contributed by atoms with E-state index in [4.69, 9.17) is 5.11 Å². The number of hydrogen-bond donors (Lipinski definition) is 2. The molecule has 0 spiro atoms. The van der Waals surface area contributed by atoms with Crippen molar-refractivity contribution in [2.24, 2.45) is 0 Å². The number of carboxylic acids is 1. The van der Waals surface area contributed by atoms with Crippen LogP contribution in [0.3, 0.4) is 0 Å². The average molecular weight is 264 g/mol. The fourth-order valence-electron chi connectivity index (χ4n) is 2.30. The molecule has 0 heterocycles. The summed E-state index contributed by atoms with van der Waals surface area (Å²) in [5, 5.41) is 11.5. The van der Waals surface area contributed by atoms with Gasteiger partial charge in [-0.2, -0.15) is 0 Å². The second-order valence-electron chi connectivity index (χ2n) is 4.76. The van der Waals surface area contributed by atoms with Crippen LogP contribution in [0, 0.1) is 0 Å². The Morgan fingerprint density at radius 3 is 2.39 bits per heavy atom. The van der Waals surface area contributed by atoms with Crippen LogP contribution in [0.2, 0.25) is 0 Å². The minimum atomic E-state index is -2.60. The third kappa shape index (κ3) is 4.12. The maximum absolute atomic E-state index is 12.1.